The molecule has 2 heterocycles. The first-order chi connectivity index (χ1) is 12.1. The zero-order valence-electron chi connectivity index (χ0n) is 15.1. The van der Waals surface area contributed by atoms with Gasteiger partial charge < -0.3 is 10.4 Å². The molecule has 2 aromatic heterocycles. The first kappa shape index (κ1) is 19.9. The maximum Gasteiger partial charge on any atom is 0.404 e. The van der Waals surface area contributed by atoms with Gasteiger partial charge in [0.25, 0.3) is 5.56 Å². The van der Waals surface area contributed by atoms with Gasteiger partial charge in [0.15, 0.2) is 5.65 Å². The third-order valence-electron chi connectivity index (χ3n) is 4.03. The zero-order chi connectivity index (χ0) is 19.6. The molecule has 0 aromatic carbocycles. The van der Waals surface area contributed by atoms with E-state index in [2.05, 4.69) is 15.4 Å². The van der Waals surface area contributed by atoms with Crippen molar-refractivity contribution in [2.75, 3.05) is 6.54 Å². The number of rotatable bonds is 7. The molecule has 0 aliphatic carbocycles. The van der Waals surface area contributed by atoms with Crippen LogP contribution in [0.25, 0.3) is 11.0 Å². The molecule has 0 saturated carbocycles. The number of hydrogen-bond acceptors (Lipinski definition) is 5. The molecule has 2 N–H and O–H groups in total. The average Bonchev–Trinajstić information content (AvgIpc) is 2.97. The van der Waals surface area contributed by atoms with Crippen LogP contribution >= 0.6 is 11.6 Å². The number of ketones is 1. The summed E-state index contributed by atoms with van der Waals surface area (Å²) in [7, 11) is 0. The monoisotopic (exact) mass is 383 g/mol. The van der Waals surface area contributed by atoms with Crippen LogP contribution in [0.15, 0.2) is 11.0 Å². The van der Waals surface area contributed by atoms with Crippen LogP contribution in [0.2, 0.25) is 5.28 Å². The average molecular weight is 384 g/mol. The number of carbonyl (C=O) groups excluding carboxylic acids is 1. The highest BCUT2D eigenvalue weighted by molar-refractivity contribution is 6.28. The second-order valence-corrected chi connectivity index (χ2v) is 6.99. The van der Waals surface area contributed by atoms with Crippen molar-refractivity contribution >= 4 is 34.5 Å². The van der Waals surface area contributed by atoms with E-state index in [1.54, 1.807) is 18.5 Å². The number of Topliss-reactive ketones (excluding diaryl/α,β-unsaturated/α-hetero) is 1. The van der Waals surface area contributed by atoms with Crippen molar-refractivity contribution in [3.05, 3.63) is 21.8 Å². The normalized spacial score (nSPS) is 12.7. The Morgan fingerprint density at radius 2 is 1.96 bits per heavy atom. The van der Waals surface area contributed by atoms with Crippen LogP contribution < -0.4 is 10.9 Å². The fourth-order valence-electron chi connectivity index (χ4n) is 2.69. The third kappa shape index (κ3) is 4.04. The Labute approximate surface area is 155 Å². The molecule has 2 aromatic rings. The van der Waals surface area contributed by atoms with Crippen LogP contribution in [0, 0.1) is 11.8 Å². The van der Waals surface area contributed by atoms with Gasteiger partial charge in [0.1, 0.15) is 11.2 Å². The summed E-state index contributed by atoms with van der Waals surface area (Å²) < 4.78 is 2.78. The number of hydrogen-bond donors (Lipinski definition) is 2. The second kappa shape index (κ2) is 7.86. The van der Waals surface area contributed by atoms with Gasteiger partial charge >= 0.3 is 6.09 Å². The van der Waals surface area contributed by atoms with Gasteiger partial charge in [0.05, 0.1) is 12.1 Å². The summed E-state index contributed by atoms with van der Waals surface area (Å²) in [6.07, 6.45) is 0.184. The Balaban J connectivity index is 2.45. The van der Waals surface area contributed by atoms with E-state index >= 15 is 0 Å². The number of nitrogens with one attached hydrogen (secondary N) is 1. The molecule has 1 amide bonds. The van der Waals surface area contributed by atoms with Gasteiger partial charge in [-0.1, -0.05) is 13.8 Å². The van der Waals surface area contributed by atoms with E-state index in [4.69, 9.17) is 16.7 Å². The van der Waals surface area contributed by atoms with E-state index in [0.29, 0.717) is 11.0 Å². The quantitative estimate of drug-likeness (QED) is 0.705. The van der Waals surface area contributed by atoms with E-state index in [1.165, 1.54) is 10.8 Å². The van der Waals surface area contributed by atoms with Crippen molar-refractivity contribution in [1.82, 2.24) is 24.6 Å². The van der Waals surface area contributed by atoms with Crippen molar-refractivity contribution < 1.29 is 14.7 Å². The summed E-state index contributed by atoms with van der Waals surface area (Å²) in [4.78, 5) is 40.2. The van der Waals surface area contributed by atoms with E-state index < -0.39 is 17.6 Å². The SMILES string of the molecule is CC(C)C(=O)C(CNC(=O)O)Cn1c(Cl)nc2c(cnn2C(C)C)c1=O. The standard InChI is InChI=1S/C16H22ClN5O4/c1-8(2)12(23)10(5-18-16(25)26)7-21-14(24)11-6-19-22(9(3)4)13(11)20-15(21)17/h6,8-10,18H,5,7H2,1-4H3,(H,25,26). The molecule has 0 radical (unpaired) electrons. The number of carbonyl (C=O) groups is 2. The molecular weight excluding hydrogens is 362 g/mol. The van der Waals surface area contributed by atoms with Crippen LogP contribution in [0.1, 0.15) is 33.7 Å². The molecule has 0 aliphatic heterocycles. The molecule has 0 aliphatic rings. The molecule has 0 saturated heterocycles. The Kier molecular flexibility index (Phi) is 6.01. The lowest BCUT2D eigenvalue weighted by Crippen LogP contribution is -2.38. The summed E-state index contributed by atoms with van der Waals surface area (Å²) >= 11 is 6.20. The van der Waals surface area contributed by atoms with Gasteiger partial charge in [0, 0.05) is 25.0 Å². The Hall–Kier alpha value is -2.42. The van der Waals surface area contributed by atoms with Gasteiger partial charge in [-0.2, -0.15) is 10.1 Å². The van der Waals surface area contributed by atoms with Crippen molar-refractivity contribution in [3.8, 4) is 0 Å². The molecule has 2 rings (SSSR count). The summed E-state index contributed by atoms with van der Waals surface area (Å²) in [5, 5.41) is 15.4. The molecule has 142 valence electrons. The predicted octanol–water partition coefficient (Wildman–Crippen LogP) is 1.94. The Bertz CT molecular complexity index is 887. The number of nitrogens with zero attached hydrogens (tertiary/aromatic N) is 4. The molecule has 0 spiro atoms. The van der Waals surface area contributed by atoms with E-state index in [0.717, 1.165) is 0 Å². The van der Waals surface area contributed by atoms with E-state index in [1.807, 2.05) is 13.8 Å². The van der Waals surface area contributed by atoms with Crippen molar-refractivity contribution in [3.63, 3.8) is 0 Å². The predicted molar refractivity (Wildman–Crippen MR) is 96.5 cm³/mol. The molecule has 0 fully saturated rings. The second-order valence-electron chi connectivity index (χ2n) is 6.66. The minimum Gasteiger partial charge on any atom is -0.465 e. The molecule has 1 atom stereocenters. The lowest BCUT2D eigenvalue weighted by Gasteiger charge is -2.19. The number of fused-ring (bicyclic) bond motifs is 1. The maximum atomic E-state index is 12.8. The summed E-state index contributed by atoms with van der Waals surface area (Å²) in [6, 6.07) is 0.00125. The smallest absolute Gasteiger partial charge is 0.404 e. The highest BCUT2D eigenvalue weighted by Gasteiger charge is 2.25. The number of carboxylic acid groups (broad SMARTS) is 1. The molecular formula is C16H22ClN5O4. The minimum absolute atomic E-state index is 0.00125. The van der Waals surface area contributed by atoms with Gasteiger partial charge in [0.2, 0.25) is 5.28 Å². The molecule has 0 bridgehead atoms. The summed E-state index contributed by atoms with van der Waals surface area (Å²) in [5.74, 6) is -1.22. The molecule has 1 unspecified atom stereocenters. The first-order valence-corrected chi connectivity index (χ1v) is 8.65. The van der Waals surface area contributed by atoms with Crippen LogP contribution in [0.3, 0.4) is 0 Å². The first-order valence-electron chi connectivity index (χ1n) is 8.27. The number of amides is 1. The van der Waals surface area contributed by atoms with Gasteiger partial charge in [-0.05, 0) is 25.4 Å². The highest BCUT2D eigenvalue weighted by atomic mass is 35.5. The number of aromatic nitrogens is 4. The van der Waals surface area contributed by atoms with Gasteiger partial charge in [-0.3, -0.25) is 14.2 Å². The summed E-state index contributed by atoms with van der Waals surface area (Å²) in [6.45, 7) is 7.07. The molecule has 9 nitrogen and oxygen atoms in total. The lowest BCUT2D eigenvalue weighted by atomic mass is 9.95. The van der Waals surface area contributed by atoms with Crippen LogP contribution in [0.5, 0.6) is 0 Å². The largest absolute Gasteiger partial charge is 0.465 e. The highest BCUT2D eigenvalue weighted by Crippen LogP contribution is 2.17. The van der Waals surface area contributed by atoms with Gasteiger partial charge in [-0.15, -0.1) is 0 Å². The molecule has 10 heteroatoms. The summed E-state index contributed by atoms with van der Waals surface area (Å²) in [5.41, 5.74) is -0.0366. The maximum absolute atomic E-state index is 12.8. The van der Waals surface area contributed by atoms with Crippen LogP contribution in [0.4, 0.5) is 4.79 Å². The van der Waals surface area contributed by atoms with E-state index in [-0.39, 0.29) is 36.1 Å². The van der Waals surface area contributed by atoms with Crippen molar-refractivity contribution in [1.29, 1.82) is 0 Å². The van der Waals surface area contributed by atoms with Crippen LogP contribution in [-0.2, 0) is 11.3 Å². The Morgan fingerprint density at radius 1 is 1.31 bits per heavy atom. The number of halogens is 1. The van der Waals surface area contributed by atoms with Crippen molar-refractivity contribution in [2.24, 2.45) is 11.8 Å². The Morgan fingerprint density at radius 3 is 2.50 bits per heavy atom. The fraction of sp³-hybridized carbons (Fsp3) is 0.562. The molecule has 26 heavy (non-hydrogen) atoms. The third-order valence-corrected chi connectivity index (χ3v) is 4.32. The van der Waals surface area contributed by atoms with Crippen LogP contribution in [-0.4, -0.2) is 42.9 Å². The fourth-order valence-corrected chi connectivity index (χ4v) is 2.91. The minimum atomic E-state index is -1.24. The van der Waals surface area contributed by atoms with Gasteiger partial charge in [-0.25, -0.2) is 9.48 Å². The topological polar surface area (TPSA) is 119 Å². The zero-order valence-corrected chi connectivity index (χ0v) is 15.8. The lowest BCUT2D eigenvalue weighted by molar-refractivity contribution is -0.126. The van der Waals surface area contributed by atoms with E-state index in [9.17, 15) is 14.4 Å². The van der Waals surface area contributed by atoms with Crippen molar-refractivity contribution in [2.45, 2.75) is 40.3 Å².